The summed E-state index contributed by atoms with van der Waals surface area (Å²) < 4.78 is 5.98. The molecule has 0 saturated carbocycles. The molecule has 32 heavy (non-hydrogen) atoms. The molecule has 2 aromatic carbocycles. The number of hydrogen-bond acceptors (Lipinski definition) is 4. The molecule has 1 heterocycles. The Hall–Kier alpha value is -2.66. The monoisotopic (exact) mass is 437 g/mol. The molecule has 1 amide bonds. The second-order valence-electron chi connectivity index (χ2n) is 9.45. The lowest BCUT2D eigenvalue weighted by Gasteiger charge is -2.33. The van der Waals surface area contributed by atoms with Gasteiger partial charge in [0.1, 0.15) is 5.75 Å². The highest BCUT2D eigenvalue weighted by Crippen LogP contribution is 2.31. The van der Waals surface area contributed by atoms with E-state index in [0.717, 1.165) is 30.5 Å². The molecule has 0 aliphatic carbocycles. The number of hydrogen-bond donors (Lipinski definition) is 1. The van der Waals surface area contributed by atoms with Gasteiger partial charge < -0.3 is 14.7 Å². The molecule has 3 rings (SSSR count). The van der Waals surface area contributed by atoms with Gasteiger partial charge in [0.15, 0.2) is 11.4 Å². The maximum Gasteiger partial charge on any atom is 0.253 e. The third-order valence-electron chi connectivity index (χ3n) is 6.25. The summed E-state index contributed by atoms with van der Waals surface area (Å²) in [4.78, 5) is 27.3. The van der Waals surface area contributed by atoms with Gasteiger partial charge >= 0.3 is 0 Å². The smallest absolute Gasteiger partial charge is 0.253 e. The van der Waals surface area contributed by atoms with E-state index in [2.05, 4.69) is 19.9 Å². The Bertz CT molecular complexity index is 933. The zero-order valence-electron chi connectivity index (χ0n) is 19.6. The van der Waals surface area contributed by atoms with Crippen LogP contribution in [-0.2, 0) is 4.79 Å². The first-order valence-electron chi connectivity index (χ1n) is 11.5. The molecule has 1 aliphatic heterocycles. The van der Waals surface area contributed by atoms with Gasteiger partial charge in [-0.3, -0.25) is 9.59 Å². The molecule has 1 aliphatic rings. The fourth-order valence-corrected chi connectivity index (χ4v) is 4.21. The summed E-state index contributed by atoms with van der Waals surface area (Å²) in [5.41, 5.74) is 2.07. The van der Waals surface area contributed by atoms with Crippen molar-refractivity contribution in [2.24, 2.45) is 0 Å². The fraction of sp³-hybridized carbons (Fsp3) is 0.481. The van der Waals surface area contributed by atoms with Gasteiger partial charge in [-0.25, -0.2) is 0 Å². The summed E-state index contributed by atoms with van der Waals surface area (Å²) >= 11 is 0. The van der Waals surface area contributed by atoms with E-state index < -0.39 is 5.60 Å². The van der Waals surface area contributed by atoms with E-state index in [0.29, 0.717) is 18.2 Å². The lowest BCUT2D eigenvalue weighted by atomic mass is 9.90. The van der Waals surface area contributed by atoms with Gasteiger partial charge in [0, 0.05) is 31.0 Å². The topological polar surface area (TPSA) is 66.8 Å². The van der Waals surface area contributed by atoms with E-state index in [1.807, 2.05) is 47.4 Å². The SMILES string of the molecule is CC(C)c1ccc(C(=O)N2CCCC(c3cccc(OC(C)(C)C(=O)CCO)c3)C2)cc1. The first-order chi connectivity index (χ1) is 15.2. The number of carbonyl (C=O) groups is 2. The Morgan fingerprint density at radius 3 is 2.53 bits per heavy atom. The minimum Gasteiger partial charge on any atom is -0.480 e. The van der Waals surface area contributed by atoms with Crippen LogP contribution in [0.4, 0.5) is 0 Å². The maximum atomic E-state index is 13.1. The summed E-state index contributed by atoms with van der Waals surface area (Å²) in [6.07, 6.45) is 2.03. The van der Waals surface area contributed by atoms with E-state index in [1.54, 1.807) is 13.8 Å². The van der Waals surface area contributed by atoms with Gasteiger partial charge in [-0.1, -0.05) is 38.1 Å². The average molecular weight is 438 g/mol. The second-order valence-corrected chi connectivity index (χ2v) is 9.45. The van der Waals surface area contributed by atoms with Gasteiger partial charge in [0.2, 0.25) is 0 Å². The molecule has 1 atom stereocenters. The van der Waals surface area contributed by atoms with Crippen LogP contribution in [0.5, 0.6) is 5.75 Å². The average Bonchev–Trinajstić information content (AvgIpc) is 2.79. The van der Waals surface area contributed by atoms with Gasteiger partial charge in [-0.2, -0.15) is 0 Å². The molecule has 1 saturated heterocycles. The molecule has 2 aromatic rings. The Labute approximate surface area is 191 Å². The first kappa shape index (κ1) is 24.0. The minimum absolute atomic E-state index is 0.0739. The third-order valence-corrected chi connectivity index (χ3v) is 6.25. The third kappa shape index (κ3) is 5.77. The molecule has 5 nitrogen and oxygen atoms in total. The molecule has 0 aromatic heterocycles. The molecular formula is C27H35NO4. The predicted molar refractivity (Wildman–Crippen MR) is 126 cm³/mol. The number of carbonyl (C=O) groups excluding carboxylic acids is 2. The molecule has 1 N–H and O–H groups in total. The summed E-state index contributed by atoms with van der Waals surface area (Å²) in [5.74, 6) is 1.24. The van der Waals surface area contributed by atoms with Crippen LogP contribution in [0.1, 0.15) is 80.3 Å². The second kappa shape index (κ2) is 10.3. The number of ether oxygens (including phenoxy) is 1. The summed E-state index contributed by atoms with van der Waals surface area (Å²) in [6, 6.07) is 15.8. The van der Waals surface area contributed by atoms with Crippen molar-refractivity contribution >= 4 is 11.7 Å². The van der Waals surface area contributed by atoms with E-state index >= 15 is 0 Å². The van der Waals surface area contributed by atoms with Crippen LogP contribution in [0.15, 0.2) is 48.5 Å². The minimum atomic E-state index is -1.00. The van der Waals surface area contributed by atoms with Crippen molar-refractivity contribution in [3.05, 3.63) is 65.2 Å². The summed E-state index contributed by atoms with van der Waals surface area (Å²) in [6.45, 7) is 8.99. The van der Waals surface area contributed by atoms with Crippen LogP contribution in [0.2, 0.25) is 0 Å². The number of amides is 1. The number of rotatable bonds is 8. The number of likely N-dealkylation sites (tertiary alicyclic amines) is 1. The molecule has 0 spiro atoms. The number of Topliss-reactive ketones (excluding diaryl/α,β-unsaturated/α-hetero) is 1. The van der Waals surface area contributed by atoms with Crippen LogP contribution in [0, 0.1) is 0 Å². The highest BCUT2D eigenvalue weighted by molar-refractivity contribution is 5.94. The van der Waals surface area contributed by atoms with Gasteiger partial charge in [0.05, 0.1) is 6.61 Å². The molecule has 172 valence electrons. The number of aliphatic hydroxyl groups is 1. The van der Waals surface area contributed by atoms with Crippen LogP contribution >= 0.6 is 0 Å². The van der Waals surface area contributed by atoms with Crippen molar-refractivity contribution in [3.8, 4) is 5.75 Å². The largest absolute Gasteiger partial charge is 0.480 e. The number of aliphatic hydroxyl groups excluding tert-OH is 1. The standard InChI is InChI=1S/C27H35NO4/c1-19(2)20-10-12-21(13-11-20)26(31)28-15-6-8-23(18-28)22-7-5-9-24(17-22)32-27(3,4)25(30)14-16-29/h5,7,9-13,17,19,23,29H,6,8,14-16,18H2,1-4H3. The highest BCUT2D eigenvalue weighted by Gasteiger charge is 2.30. The Morgan fingerprint density at radius 2 is 1.88 bits per heavy atom. The molecule has 1 unspecified atom stereocenters. The van der Waals surface area contributed by atoms with Crippen molar-refractivity contribution in [1.82, 2.24) is 4.90 Å². The zero-order valence-corrected chi connectivity index (χ0v) is 19.6. The van der Waals surface area contributed by atoms with E-state index in [1.165, 1.54) is 5.56 Å². The van der Waals surface area contributed by atoms with Crippen LogP contribution in [-0.4, -0.2) is 47.0 Å². The molecule has 0 radical (unpaired) electrons. The Balaban J connectivity index is 1.70. The molecule has 0 bridgehead atoms. The van der Waals surface area contributed by atoms with Crippen LogP contribution in [0.25, 0.3) is 0 Å². The van der Waals surface area contributed by atoms with E-state index in [9.17, 15) is 9.59 Å². The summed E-state index contributed by atoms with van der Waals surface area (Å²) in [5, 5.41) is 9.06. The first-order valence-corrected chi connectivity index (χ1v) is 11.5. The van der Waals surface area contributed by atoms with Crippen LogP contribution in [0.3, 0.4) is 0 Å². The lowest BCUT2D eigenvalue weighted by Crippen LogP contribution is -2.39. The maximum absolute atomic E-state index is 13.1. The van der Waals surface area contributed by atoms with Crippen molar-refractivity contribution in [2.75, 3.05) is 19.7 Å². The predicted octanol–water partition coefficient (Wildman–Crippen LogP) is 4.94. The van der Waals surface area contributed by atoms with Gasteiger partial charge in [0.25, 0.3) is 5.91 Å². The highest BCUT2D eigenvalue weighted by atomic mass is 16.5. The Kier molecular flexibility index (Phi) is 7.73. The fourth-order valence-electron chi connectivity index (χ4n) is 4.21. The number of ketones is 1. The molecule has 5 heteroatoms. The molecule has 1 fully saturated rings. The Morgan fingerprint density at radius 1 is 1.16 bits per heavy atom. The van der Waals surface area contributed by atoms with Crippen molar-refractivity contribution in [1.29, 1.82) is 0 Å². The number of nitrogens with zero attached hydrogens (tertiary/aromatic N) is 1. The van der Waals surface area contributed by atoms with Gasteiger partial charge in [-0.15, -0.1) is 0 Å². The van der Waals surface area contributed by atoms with Gasteiger partial charge in [-0.05, 0) is 68.0 Å². The number of benzene rings is 2. The summed E-state index contributed by atoms with van der Waals surface area (Å²) in [7, 11) is 0. The van der Waals surface area contributed by atoms with E-state index in [4.69, 9.17) is 9.84 Å². The van der Waals surface area contributed by atoms with Crippen molar-refractivity contribution < 1.29 is 19.4 Å². The quantitative estimate of drug-likeness (QED) is 0.635. The van der Waals surface area contributed by atoms with Crippen LogP contribution < -0.4 is 4.74 Å². The zero-order chi connectivity index (χ0) is 23.3. The molecular weight excluding hydrogens is 402 g/mol. The van der Waals surface area contributed by atoms with Crippen molar-refractivity contribution in [3.63, 3.8) is 0 Å². The van der Waals surface area contributed by atoms with Crippen molar-refractivity contribution in [2.45, 2.75) is 64.4 Å². The normalized spacial score (nSPS) is 16.8. The van der Waals surface area contributed by atoms with E-state index in [-0.39, 0.29) is 30.6 Å². The number of piperidine rings is 1. The lowest BCUT2D eigenvalue weighted by molar-refractivity contribution is -0.132.